The second kappa shape index (κ2) is 4.48. The minimum Gasteiger partial charge on any atom is -0.459 e. The molecule has 2 aliphatic carbocycles. The normalized spacial score (nSPS) is 59.2. The van der Waals surface area contributed by atoms with Gasteiger partial charge in [0.25, 0.3) is 0 Å². The number of rotatable bonds is 0. The van der Waals surface area contributed by atoms with Gasteiger partial charge in [-0.3, -0.25) is 4.79 Å². The van der Waals surface area contributed by atoms with Gasteiger partial charge in [0.05, 0.1) is 16.7 Å². The van der Waals surface area contributed by atoms with E-state index in [1.165, 1.54) is 6.92 Å². The van der Waals surface area contributed by atoms with Gasteiger partial charge in [0.1, 0.15) is 12.2 Å². The van der Waals surface area contributed by atoms with Gasteiger partial charge in [-0.2, -0.15) is 0 Å². The summed E-state index contributed by atoms with van der Waals surface area (Å²) >= 11 is 0. The molecule has 4 aliphatic heterocycles. The van der Waals surface area contributed by atoms with Crippen LogP contribution in [0.25, 0.3) is 0 Å². The number of aliphatic hydroxyl groups is 2. The fraction of sp³-hybridized carbons (Fsp3) is 0.850. The second-order valence-electron chi connectivity index (χ2n) is 10.6. The molecule has 2 N–H and O–H groups in total. The van der Waals surface area contributed by atoms with Gasteiger partial charge in [-0.1, -0.05) is 20.8 Å². The lowest BCUT2D eigenvalue weighted by Gasteiger charge is -2.46. The second-order valence-corrected chi connectivity index (χ2v) is 10.6. The summed E-state index contributed by atoms with van der Waals surface area (Å²) in [5.74, 6) is -3.52. The van der Waals surface area contributed by atoms with E-state index < -0.39 is 70.5 Å². The van der Waals surface area contributed by atoms with E-state index in [4.69, 9.17) is 18.9 Å². The molecule has 0 aromatic rings. The molecule has 9 heteroatoms. The molecule has 6 rings (SSSR count). The van der Waals surface area contributed by atoms with Crippen molar-refractivity contribution in [3.05, 3.63) is 0 Å². The summed E-state index contributed by atoms with van der Waals surface area (Å²) in [5, 5.41) is 23.0. The van der Waals surface area contributed by atoms with E-state index in [-0.39, 0.29) is 17.8 Å². The SMILES string of the molecule is C[C@@H]1C(=O)O[C@H]2CC34[C@H]5C[C@@H](C(C)(C)C)C36C(O)C(=O)O[C@H]6O[C@]4(C(=O)O5)[C@]21O. The molecular formula is C20H24O9. The van der Waals surface area contributed by atoms with Gasteiger partial charge in [0.2, 0.25) is 11.9 Å². The van der Waals surface area contributed by atoms with Crippen molar-refractivity contribution >= 4 is 17.9 Å². The number of carbonyl (C=O) groups excluding carboxylic acids is 3. The first-order chi connectivity index (χ1) is 13.4. The molecule has 0 bridgehead atoms. The third-order valence-corrected chi connectivity index (χ3v) is 8.97. The molecule has 6 fully saturated rings. The van der Waals surface area contributed by atoms with Crippen LogP contribution in [-0.4, -0.2) is 63.9 Å². The quantitative estimate of drug-likeness (QED) is 0.408. The lowest BCUT2D eigenvalue weighted by Crippen LogP contribution is -2.66. The fourth-order valence-electron chi connectivity index (χ4n) is 8.06. The van der Waals surface area contributed by atoms with E-state index >= 15 is 0 Å². The van der Waals surface area contributed by atoms with Crippen LogP contribution in [0.3, 0.4) is 0 Å². The molecule has 158 valence electrons. The topological polar surface area (TPSA) is 129 Å². The molecule has 0 radical (unpaired) electrons. The molecule has 0 aromatic heterocycles. The van der Waals surface area contributed by atoms with Crippen LogP contribution in [0.5, 0.6) is 0 Å². The summed E-state index contributed by atoms with van der Waals surface area (Å²) in [7, 11) is 0. The number of aliphatic hydroxyl groups excluding tert-OH is 1. The van der Waals surface area contributed by atoms with E-state index in [1.807, 2.05) is 20.8 Å². The average Bonchev–Trinajstić information content (AvgIpc) is 3.31. The third-order valence-electron chi connectivity index (χ3n) is 8.97. The smallest absolute Gasteiger partial charge is 0.342 e. The number of esters is 3. The Balaban J connectivity index is 1.68. The molecule has 2 saturated carbocycles. The first-order valence-electron chi connectivity index (χ1n) is 10.1. The van der Waals surface area contributed by atoms with Crippen molar-refractivity contribution in [2.75, 3.05) is 0 Å². The maximum absolute atomic E-state index is 13.3. The lowest BCUT2D eigenvalue weighted by atomic mass is 9.51. The molecule has 4 saturated heterocycles. The first-order valence-corrected chi connectivity index (χ1v) is 10.1. The Labute approximate surface area is 166 Å². The van der Waals surface area contributed by atoms with Crippen molar-refractivity contribution in [3.63, 3.8) is 0 Å². The van der Waals surface area contributed by atoms with E-state index in [9.17, 15) is 24.6 Å². The summed E-state index contributed by atoms with van der Waals surface area (Å²) < 4.78 is 22.9. The Morgan fingerprint density at radius 3 is 2.38 bits per heavy atom. The minimum atomic E-state index is -1.97. The maximum Gasteiger partial charge on any atom is 0.342 e. The van der Waals surface area contributed by atoms with Crippen LogP contribution < -0.4 is 0 Å². The highest BCUT2D eigenvalue weighted by Crippen LogP contribution is 2.84. The van der Waals surface area contributed by atoms with Crippen molar-refractivity contribution in [1.29, 1.82) is 0 Å². The Kier molecular flexibility index (Phi) is 2.79. The highest BCUT2D eigenvalue weighted by Gasteiger charge is 3.01. The van der Waals surface area contributed by atoms with E-state index in [2.05, 4.69) is 0 Å². The summed E-state index contributed by atoms with van der Waals surface area (Å²) in [6.07, 6.45) is -3.96. The van der Waals surface area contributed by atoms with Crippen LogP contribution in [-0.2, 0) is 33.3 Å². The first kappa shape index (κ1) is 18.1. The van der Waals surface area contributed by atoms with Gasteiger partial charge in [-0.15, -0.1) is 0 Å². The van der Waals surface area contributed by atoms with E-state index in [1.54, 1.807) is 0 Å². The average molecular weight is 408 g/mol. The third kappa shape index (κ3) is 1.35. The predicted molar refractivity (Wildman–Crippen MR) is 90.6 cm³/mol. The lowest BCUT2D eigenvalue weighted by molar-refractivity contribution is -0.238. The zero-order valence-corrected chi connectivity index (χ0v) is 16.6. The molecule has 0 amide bonds. The predicted octanol–water partition coefficient (Wildman–Crippen LogP) is -0.340. The Bertz CT molecular complexity index is 893. The van der Waals surface area contributed by atoms with Crippen molar-refractivity contribution < 1.29 is 43.5 Å². The minimum absolute atomic E-state index is 0.0623. The molecule has 4 heterocycles. The summed E-state index contributed by atoms with van der Waals surface area (Å²) in [5.41, 5.74) is -6.81. The number of carbonyl (C=O) groups is 3. The van der Waals surface area contributed by atoms with Gasteiger partial charge in [0, 0.05) is 6.42 Å². The van der Waals surface area contributed by atoms with Crippen LogP contribution >= 0.6 is 0 Å². The monoisotopic (exact) mass is 408 g/mol. The van der Waals surface area contributed by atoms with Crippen LogP contribution in [0, 0.1) is 28.1 Å². The maximum atomic E-state index is 13.3. The highest BCUT2D eigenvalue weighted by atomic mass is 16.8. The molecule has 9 nitrogen and oxygen atoms in total. The number of fused-ring (bicyclic) bond motifs is 1. The molecule has 2 spiro atoms. The number of hydrogen-bond donors (Lipinski definition) is 2. The van der Waals surface area contributed by atoms with Gasteiger partial charge >= 0.3 is 17.9 Å². The number of ether oxygens (including phenoxy) is 4. The van der Waals surface area contributed by atoms with Crippen molar-refractivity contribution in [2.45, 2.75) is 76.3 Å². The molecular weight excluding hydrogens is 384 g/mol. The molecule has 3 unspecified atom stereocenters. The Hall–Kier alpha value is -1.71. The van der Waals surface area contributed by atoms with Gasteiger partial charge < -0.3 is 29.2 Å². The highest BCUT2D eigenvalue weighted by molar-refractivity contribution is 5.93. The van der Waals surface area contributed by atoms with Gasteiger partial charge in [-0.25, -0.2) is 9.59 Å². The molecule has 0 aromatic carbocycles. The molecule has 6 aliphatic rings. The largest absolute Gasteiger partial charge is 0.459 e. The van der Waals surface area contributed by atoms with E-state index in [0.29, 0.717) is 6.42 Å². The van der Waals surface area contributed by atoms with Crippen molar-refractivity contribution in [2.24, 2.45) is 28.1 Å². The molecule has 29 heavy (non-hydrogen) atoms. The van der Waals surface area contributed by atoms with Crippen molar-refractivity contribution in [3.8, 4) is 0 Å². The van der Waals surface area contributed by atoms with Crippen LogP contribution in [0.15, 0.2) is 0 Å². The van der Waals surface area contributed by atoms with Crippen LogP contribution in [0.2, 0.25) is 0 Å². The Morgan fingerprint density at radius 2 is 1.72 bits per heavy atom. The summed E-state index contributed by atoms with van der Waals surface area (Å²) in [6.45, 7) is 7.47. The number of hydrogen-bond acceptors (Lipinski definition) is 9. The fourth-order valence-corrected chi connectivity index (χ4v) is 8.06. The van der Waals surface area contributed by atoms with E-state index in [0.717, 1.165) is 0 Å². The zero-order chi connectivity index (χ0) is 20.9. The van der Waals surface area contributed by atoms with Crippen LogP contribution in [0.1, 0.15) is 40.5 Å². The van der Waals surface area contributed by atoms with Crippen LogP contribution in [0.4, 0.5) is 0 Å². The Morgan fingerprint density at radius 1 is 1.03 bits per heavy atom. The zero-order valence-electron chi connectivity index (χ0n) is 16.6. The van der Waals surface area contributed by atoms with Crippen molar-refractivity contribution in [1.82, 2.24) is 0 Å². The molecule has 10 atom stereocenters. The standard InChI is InChI=1S/C20H24O9/c1-7-12(22)26-10-6-17-9-5-8(16(2,3)4)18(17)11(21)13(23)28-15(18)29-20(17,14(24)27-9)19(7,10)25/h7-11,15,21,25H,5-6H2,1-4H3/t7-,8+,9-,10+,11?,15+,17?,18?,19-,20+/m1/s1. The summed E-state index contributed by atoms with van der Waals surface area (Å²) in [4.78, 5) is 38.1. The summed E-state index contributed by atoms with van der Waals surface area (Å²) in [6, 6.07) is 0. The van der Waals surface area contributed by atoms with Gasteiger partial charge in [0.15, 0.2) is 11.7 Å². The van der Waals surface area contributed by atoms with Gasteiger partial charge in [-0.05, 0) is 24.7 Å².